The molecule has 0 aliphatic carbocycles. The quantitative estimate of drug-likeness (QED) is 0.829. The van der Waals surface area contributed by atoms with E-state index >= 15 is 0 Å². The molecule has 0 radical (unpaired) electrons. The Balaban J connectivity index is 2.04. The fourth-order valence-electron chi connectivity index (χ4n) is 1.73. The number of nitrogens with one attached hydrogen (secondary N) is 2. The van der Waals surface area contributed by atoms with Crippen molar-refractivity contribution in [1.82, 2.24) is 10.0 Å². The molecule has 0 aliphatic rings. The standard InChI is InChI=1S/C15H13N3O4S2/c1-10(17-15(20)13-3-2-8-23-13)14(19)18-24(21,22)12-6-4-11(9-16)5-7-12/h2-8,10H,1H3,(H,17,20)(H,18,19)/t10-/m1/s1. The molecule has 0 fully saturated rings. The lowest BCUT2D eigenvalue weighted by Gasteiger charge is -2.14. The summed E-state index contributed by atoms with van der Waals surface area (Å²) in [5.74, 6) is -1.31. The first-order chi connectivity index (χ1) is 11.3. The lowest BCUT2D eigenvalue weighted by molar-refractivity contribution is -0.120. The molecule has 2 N–H and O–H groups in total. The number of amides is 2. The Hall–Kier alpha value is -2.70. The summed E-state index contributed by atoms with van der Waals surface area (Å²) in [5, 5.41) is 12.8. The fraction of sp³-hybridized carbons (Fsp3) is 0.133. The van der Waals surface area contributed by atoms with Crippen molar-refractivity contribution in [2.45, 2.75) is 17.9 Å². The second-order valence-corrected chi connectivity index (χ2v) is 7.41. The van der Waals surface area contributed by atoms with E-state index in [1.54, 1.807) is 17.5 Å². The normalized spacial score (nSPS) is 12.0. The first-order valence-electron chi connectivity index (χ1n) is 6.74. The van der Waals surface area contributed by atoms with Crippen molar-refractivity contribution in [2.75, 3.05) is 0 Å². The average molecular weight is 363 g/mol. The summed E-state index contributed by atoms with van der Waals surface area (Å²) < 4.78 is 26.2. The number of carbonyl (C=O) groups excluding carboxylic acids is 2. The summed E-state index contributed by atoms with van der Waals surface area (Å²) in [6.07, 6.45) is 0. The minimum atomic E-state index is -4.08. The first kappa shape index (κ1) is 17.7. The third-order valence-electron chi connectivity index (χ3n) is 3.01. The summed E-state index contributed by atoms with van der Waals surface area (Å²) in [7, 11) is -4.08. The number of thiophene rings is 1. The molecule has 1 aromatic carbocycles. The van der Waals surface area contributed by atoms with Gasteiger partial charge in [0.1, 0.15) is 6.04 Å². The lowest BCUT2D eigenvalue weighted by Crippen LogP contribution is -2.46. The molecule has 0 bridgehead atoms. The van der Waals surface area contributed by atoms with Gasteiger partial charge in [-0.25, -0.2) is 13.1 Å². The fourth-order valence-corrected chi connectivity index (χ4v) is 3.41. The number of nitrogens with zero attached hydrogens (tertiary/aromatic N) is 1. The zero-order chi connectivity index (χ0) is 17.7. The highest BCUT2D eigenvalue weighted by molar-refractivity contribution is 7.90. The number of hydrogen-bond donors (Lipinski definition) is 2. The van der Waals surface area contributed by atoms with Crippen molar-refractivity contribution in [2.24, 2.45) is 0 Å². The topological polar surface area (TPSA) is 116 Å². The monoisotopic (exact) mass is 363 g/mol. The minimum absolute atomic E-state index is 0.147. The molecule has 2 aromatic rings. The Labute approximate surface area is 143 Å². The average Bonchev–Trinajstić information content (AvgIpc) is 3.09. The van der Waals surface area contributed by atoms with Crippen molar-refractivity contribution in [3.8, 4) is 6.07 Å². The van der Waals surface area contributed by atoms with Crippen LogP contribution in [0.2, 0.25) is 0 Å². The van der Waals surface area contributed by atoms with Gasteiger partial charge in [0, 0.05) is 0 Å². The summed E-state index contributed by atoms with van der Waals surface area (Å²) in [6, 6.07) is 9.25. The largest absolute Gasteiger partial charge is 0.340 e. The molecule has 1 atom stereocenters. The molecule has 1 heterocycles. The van der Waals surface area contributed by atoms with Crippen LogP contribution < -0.4 is 10.0 Å². The van der Waals surface area contributed by atoms with Crippen LogP contribution in [0, 0.1) is 11.3 Å². The van der Waals surface area contributed by atoms with Gasteiger partial charge in [-0.3, -0.25) is 9.59 Å². The molecule has 7 nitrogen and oxygen atoms in total. The van der Waals surface area contributed by atoms with Crippen molar-refractivity contribution in [3.05, 3.63) is 52.2 Å². The molecule has 124 valence electrons. The SMILES string of the molecule is C[C@@H](NC(=O)c1cccs1)C(=O)NS(=O)(=O)c1ccc(C#N)cc1. The van der Waals surface area contributed by atoms with E-state index in [2.05, 4.69) is 5.32 Å². The van der Waals surface area contributed by atoms with Gasteiger partial charge in [-0.05, 0) is 42.6 Å². The van der Waals surface area contributed by atoms with Gasteiger partial charge in [-0.1, -0.05) is 6.07 Å². The number of nitriles is 1. The van der Waals surface area contributed by atoms with Gasteiger partial charge in [-0.15, -0.1) is 11.3 Å². The van der Waals surface area contributed by atoms with Crippen LogP contribution in [0.25, 0.3) is 0 Å². The van der Waals surface area contributed by atoms with Gasteiger partial charge >= 0.3 is 0 Å². The van der Waals surface area contributed by atoms with Crippen LogP contribution >= 0.6 is 11.3 Å². The van der Waals surface area contributed by atoms with Crippen LogP contribution in [0.1, 0.15) is 22.2 Å². The highest BCUT2D eigenvalue weighted by atomic mass is 32.2. The van der Waals surface area contributed by atoms with Gasteiger partial charge in [0.15, 0.2) is 0 Å². The first-order valence-corrected chi connectivity index (χ1v) is 9.11. The summed E-state index contributed by atoms with van der Waals surface area (Å²) in [6.45, 7) is 1.38. The smallest absolute Gasteiger partial charge is 0.264 e. The second-order valence-electron chi connectivity index (χ2n) is 4.78. The van der Waals surface area contributed by atoms with Crippen LogP contribution in [0.5, 0.6) is 0 Å². The maximum absolute atomic E-state index is 12.1. The van der Waals surface area contributed by atoms with E-state index in [1.165, 1.54) is 42.5 Å². The van der Waals surface area contributed by atoms with Crippen LogP contribution in [0.15, 0.2) is 46.7 Å². The van der Waals surface area contributed by atoms with E-state index in [9.17, 15) is 18.0 Å². The molecule has 0 unspecified atom stereocenters. The third kappa shape index (κ3) is 4.18. The van der Waals surface area contributed by atoms with Crippen molar-refractivity contribution >= 4 is 33.2 Å². The molecule has 0 saturated carbocycles. The molecule has 24 heavy (non-hydrogen) atoms. The molecule has 0 spiro atoms. The van der Waals surface area contributed by atoms with Crippen molar-refractivity contribution in [3.63, 3.8) is 0 Å². The molecule has 0 aliphatic heterocycles. The molecular weight excluding hydrogens is 350 g/mol. The van der Waals surface area contributed by atoms with Crippen molar-refractivity contribution < 1.29 is 18.0 Å². The van der Waals surface area contributed by atoms with Gasteiger partial charge in [0.2, 0.25) is 0 Å². The van der Waals surface area contributed by atoms with Crippen molar-refractivity contribution in [1.29, 1.82) is 5.26 Å². The van der Waals surface area contributed by atoms with E-state index in [0.29, 0.717) is 10.4 Å². The van der Waals surface area contributed by atoms with Gasteiger partial charge in [-0.2, -0.15) is 5.26 Å². The van der Waals surface area contributed by atoms with Crippen LogP contribution in [-0.2, 0) is 14.8 Å². The Kier molecular flexibility index (Phi) is 5.33. The number of rotatable bonds is 5. The highest BCUT2D eigenvalue weighted by Crippen LogP contribution is 2.11. The van der Waals surface area contributed by atoms with E-state index in [-0.39, 0.29) is 4.90 Å². The Morgan fingerprint density at radius 2 is 1.88 bits per heavy atom. The predicted molar refractivity (Wildman–Crippen MR) is 87.7 cm³/mol. The van der Waals surface area contributed by atoms with E-state index in [0.717, 1.165) is 0 Å². The highest BCUT2D eigenvalue weighted by Gasteiger charge is 2.23. The zero-order valence-electron chi connectivity index (χ0n) is 12.5. The Morgan fingerprint density at radius 1 is 1.21 bits per heavy atom. The minimum Gasteiger partial charge on any atom is -0.340 e. The maximum Gasteiger partial charge on any atom is 0.264 e. The molecule has 1 aromatic heterocycles. The van der Waals surface area contributed by atoms with Crippen LogP contribution in [0.4, 0.5) is 0 Å². The van der Waals surface area contributed by atoms with Gasteiger partial charge in [0.05, 0.1) is 21.4 Å². The van der Waals surface area contributed by atoms with Crippen LogP contribution in [-0.4, -0.2) is 26.3 Å². The summed E-state index contributed by atoms with van der Waals surface area (Å²) >= 11 is 1.21. The van der Waals surface area contributed by atoms with E-state index in [1.807, 2.05) is 10.8 Å². The lowest BCUT2D eigenvalue weighted by atomic mass is 10.2. The molecule has 2 amide bonds. The van der Waals surface area contributed by atoms with Gasteiger partial charge < -0.3 is 5.32 Å². The Morgan fingerprint density at radius 3 is 2.42 bits per heavy atom. The molecule has 9 heteroatoms. The summed E-state index contributed by atoms with van der Waals surface area (Å²) in [5.41, 5.74) is 0.303. The maximum atomic E-state index is 12.1. The Bertz CT molecular complexity index is 882. The number of carbonyl (C=O) groups is 2. The van der Waals surface area contributed by atoms with E-state index in [4.69, 9.17) is 5.26 Å². The second kappa shape index (κ2) is 7.25. The third-order valence-corrected chi connectivity index (χ3v) is 5.25. The zero-order valence-corrected chi connectivity index (χ0v) is 14.1. The number of benzene rings is 1. The van der Waals surface area contributed by atoms with Gasteiger partial charge in [0.25, 0.3) is 21.8 Å². The summed E-state index contributed by atoms with van der Waals surface area (Å²) in [4.78, 5) is 24.1. The molecule has 2 rings (SSSR count). The predicted octanol–water partition coefficient (Wildman–Crippen LogP) is 1.24. The number of hydrogen-bond acceptors (Lipinski definition) is 6. The molecule has 0 saturated heterocycles. The number of sulfonamides is 1. The molecular formula is C15H13N3O4S2. The van der Waals surface area contributed by atoms with Crippen LogP contribution in [0.3, 0.4) is 0 Å². The van der Waals surface area contributed by atoms with E-state index < -0.39 is 27.9 Å².